The summed E-state index contributed by atoms with van der Waals surface area (Å²) in [6.07, 6.45) is -0.809. The van der Waals surface area contributed by atoms with Crippen LogP contribution in [0.25, 0.3) is 4.85 Å². The first-order valence-corrected chi connectivity index (χ1v) is 5.20. The molecule has 18 heavy (non-hydrogen) atoms. The number of para-hydroxylation sites is 1. The van der Waals surface area contributed by atoms with Gasteiger partial charge in [-0.05, 0) is 24.3 Å². The summed E-state index contributed by atoms with van der Waals surface area (Å²) in [5, 5.41) is 0. The van der Waals surface area contributed by atoms with E-state index in [1.807, 2.05) is 6.07 Å². The second-order valence-corrected chi connectivity index (χ2v) is 3.37. The van der Waals surface area contributed by atoms with Crippen LogP contribution in [0.5, 0.6) is 11.5 Å². The molecule has 0 saturated carbocycles. The maximum atomic E-state index is 11.4. The van der Waals surface area contributed by atoms with Crippen LogP contribution in [0, 0.1) is 6.57 Å². The van der Waals surface area contributed by atoms with Crippen molar-refractivity contribution in [3.63, 3.8) is 0 Å². The molecule has 0 N–H and O–H groups in total. The van der Waals surface area contributed by atoms with Gasteiger partial charge in [0.25, 0.3) is 0 Å². The normalized spacial score (nSPS) is 9.28. The van der Waals surface area contributed by atoms with Crippen LogP contribution >= 0.6 is 0 Å². The molecule has 2 aromatic rings. The summed E-state index contributed by atoms with van der Waals surface area (Å²) >= 11 is 0. The van der Waals surface area contributed by atoms with Crippen LogP contribution in [0.3, 0.4) is 0 Å². The minimum Gasteiger partial charge on any atom is -0.395 e. The highest BCUT2D eigenvalue weighted by atomic mass is 16.7. The van der Waals surface area contributed by atoms with Crippen molar-refractivity contribution in [2.75, 3.05) is 0 Å². The Kier molecular flexibility index (Phi) is 3.57. The van der Waals surface area contributed by atoms with Gasteiger partial charge in [-0.25, -0.2) is 9.64 Å². The summed E-state index contributed by atoms with van der Waals surface area (Å²) in [6, 6.07) is 14.9. The molecule has 4 nitrogen and oxygen atoms in total. The highest BCUT2D eigenvalue weighted by Gasteiger charge is 2.07. The zero-order valence-electron chi connectivity index (χ0n) is 9.37. The first kappa shape index (κ1) is 11.7. The number of hydrogen-bond donors (Lipinski definition) is 0. The lowest BCUT2D eigenvalue weighted by Gasteiger charge is -2.05. The van der Waals surface area contributed by atoms with Gasteiger partial charge in [0.15, 0.2) is 5.69 Å². The second-order valence-electron chi connectivity index (χ2n) is 3.37. The third-order valence-corrected chi connectivity index (χ3v) is 2.11. The van der Waals surface area contributed by atoms with E-state index in [-0.39, 0.29) is 0 Å². The van der Waals surface area contributed by atoms with E-state index in [2.05, 4.69) is 4.85 Å². The summed E-state index contributed by atoms with van der Waals surface area (Å²) in [4.78, 5) is 14.7. The second kappa shape index (κ2) is 5.51. The molecule has 2 rings (SSSR count). The van der Waals surface area contributed by atoms with E-state index in [0.29, 0.717) is 17.2 Å². The number of hydrogen-bond acceptors (Lipinski definition) is 3. The maximum Gasteiger partial charge on any atom is 0.519 e. The Morgan fingerprint density at radius 3 is 2.00 bits per heavy atom. The smallest absolute Gasteiger partial charge is 0.395 e. The fourth-order valence-corrected chi connectivity index (χ4v) is 1.29. The lowest BCUT2D eigenvalue weighted by molar-refractivity contribution is 0.152. The average molecular weight is 239 g/mol. The van der Waals surface area contributed by atoms with Gasteiger partial charge in [0.2, 0.25) is 0 Å². The number of benzene rings is 2. The molecule has 0 aromatic heterocycles. The van der Waals surface area contributed by atoms with Crippen molar-refractivity contribution in [1.82, 2.24) is 0 Å². The minimum absolute atomic E-state index is 0.336. The van der Waals surface area contributed by atoms with Crippen molar-refractivity contribution in [1.29, 1.82) is 0 Å². The molecule has 0 fully saturated rings. The Morgan fingerprint density at radius 2 is 1.44 bits per heavy atom. The van der Waals surface area contributed by atoms with Gasteiger partial charge >= 0.3 is 6.16 Å². The van der Waals surface area contributed by atoms with Gasteiger partial charge < -0.3 is 9.47 Å². The highest BCUT2D eigenvalue weighted by Crippen LogP contribution is 2.18. The van der Waals surface area contributed by atoms with E-state index < -0.39 is 6.16 Å². The molecule has 0 amide bonds. The fourth-order valence-electron chi connectivity index (χ4n) is 1.29. The molecular weight excluding hydrogens is 230 g/mol. The van der Waals surface area contributed by atoms with E-state index in [9.17, 15) is 4.79 Å². The van der Waals surface area contributed by atoms with Crippen LogP contribution in [-0.4, -0.2) is 6.16 Å². The van der Waals surface area contributed by atoms with Crippen LogP contribution in [0.1, 0.15) is 0 Å². The molecule has 0 aliphatic rings. The predicted molar refractivity (Wildman–Crippen MR) is 65.8 cm³/mol. The summed E-state index contributed by atoms with van der Waals surface area (Å²) in [5.41, 5.74) is 0.485. The summed E-state index contributed by atoms with van der Waals surface area (Å²) in [7, 11) is 0. The zero-order chi connectivity index (χ0) is 12.8. The Hall–Kier alpha value is -2.80. The van der Waals surface area contributed by atoms with Crippen LogP contribution in [0.2, 0.25) is 0 Å². The van der Waals surface area contributed by atoms with Gasteiger partial charge in [-0.3, -0.25) is 0 Å². The summed E-state index contributed by atoms with van der Waals surface area (Å²) in [6.45, 7) is 6.80. The van der Waals surface area contributed by atoms with Gasteiger partial charge in [-0.2, -0.15) is 0 Å². The van der Waals surface area contributed by atoms with Crippen LogP contribution in [0.4, 0.5) is 10.5 Å². The van der Waals surface area contributed by atoms with Gasteiger partial charge in [-0.15, -0.1) is 0 Å². The Bertz CT molecular complexity index is 570. The first-order valence-electron chi connectivity index (χ1n) is 5.20. The van der Waals surface area contributed by atoms with Crippen molar-refractivity contribution in [3.05, 3.63) is 66.0 Å². The zero-order valence-corrected chi connectivity index (χ0v) is 9.37. The molecule has 4 heteroatoms. The van der Waals surface area contributed by atoms with Crippen molar-refractivity contribution in [3.8, 4) is 11.5 Å². The van der Waals surface area contributed by atoms with Gasteiger partial charge in [0, 0.05) is 0 Å². The van der Waals surface area contributed by atoms with E-state index in [1.165, 1.54) is 0 Å². The van der Waals surface area contributed by atoms with Crippen molar-refractivity contribution in [2.45, 2.75) is 0 Å². The molecule has 0 atom stereocenters. The Labute approximate surface area is 104 Å². The highest BCUT2D eigenvalue weighted by molar-refractivity contribution is 5.67. The molecule has 0 aliphatic heterocycles. The van der Waals surface area contributed by atoms with Crippen molar-refractivity contribution in [2.24, 2.45) is 0 Å². The summed E-state index contributed by atoms with van der Waals surface area (Å²) in [5.74, 6) is 0.753. The molecule has 0 unspecified atom stereocenters. The molecule has 0 spiro atoms. The Balaban J connectivity index is 1.97. The summed E-state index contributed by atoms with van der Waals surface area (Å²) < 4.78 is 9.91. The molecule has 0 bridgehead atoms. The Morgan fingerprint density at radius 1 is 0.889 bits per heavy atom. The van der Waals surface area contributed by atoms with Gasteiger partial charge in [-0.1, -0.05) is 30.3 Å². The third-order valence-electron chi connectivity index (χ3n) is 2.11. The fraction of sp³-hybridized carbons (Fsp3) is 0. The average Bonchev–Trinajstić information content (AvgIpc) is 2.40. The number of carbonyl (C=O) groups excluding carboxylic acids is 1. The van der Waals surface area contributed by atoms with E-state index in [0.717, 1.165) is 0 Å². The molecule has 0 saturated heterocycles. The first-order chi connectivity index (χ1) is 8.78. The molecule has 0 aliphatic carbocycles. The van der Waals surface area contributed by atoms with Crippen molar-refractivity contribution >= 4 is 11.8 Å². The van der Waals surface area contributed by atoms with Crippen LogP contribution in [0.15, 0.2) is 54.6 Å². The maximum absolute atomic E-state index is 11.4. The molecular formula is C14H9NO3. The topological polar surface area (TPSA) is 39.9 Å². The minimum atomic E-state index is -0.809. The monoisotopic (exact) mass is 239 g/mol. The molecule has 2 aromatic carbocycles. The predicted octanol–water partition coefficient (Wildman–Crippen LogP) is 3.82. The molecule has 0 heterocycles. The standard InChI is InChI=1S/C14H9NO3/c1-15-11-7-9-13(10-8-11)18-14(16)17-12-5-3-2-4-6-12/h2-10H. The number of nitrogens with zero attached hydrogens (tertiary/aromatic N) is 1. The lowest BCUT2D eigenvalue weighted by atomic mass is 10.3. The van der Waals surface area contributed by atoms with Crippen LogP contribution in [-0.2, 0) is 0 Å². The quantitative estimate of drug-likeness (QED) is 0.454. The van der Waals surface area contributed by atoms with Gasteiger partial charge in [0.1, 0.15) is 11.5 Å². The lowest BCUT2D eigenvalue weighted by Crippen LogP contribution is -2.13. The number of rotatable bonds is 2. The van der Waals surface area contributed by atoms with Gasteiger partial charge in [0.05, 0.1) is 6.57 Å². The third kappa shape index (κ3) is 3.09. The number of ether oxygens (including phenoxy) is 2. The van der Waals surface area contributed by atoms with E-state index in [1.54, 1.807) is 48.5 Å². The van der Waals surface area contributed by atoms with Crippen LogP contribution < -0.4 is 9.47 Å². The van der Waals surface area contributed by atoms with Crippen molar-refractivity contribution < 1.29 is 14.3 Å². The largest absolute Gasteiger partial charge is 0.519 e. The van der Waals surface area contributed by atoms with E-state index in [4.69, 9.17) is 16.0 Å². The SMILES string of the molecule is [C-]#[N+]c1ccc(OC(=O)Oc2ccccc2)cc1. The van der Waals surface area contributed by atoms with E-state index >= 15 is 0 Å². The number of carbonyl (C=O) groups is 1. The molecule has 0 radical (unpaired) electrons. The molecule has 88 valence electrons.